The maximum Gasteiger partial charge on any atom is 0.326 e. The molecule has 8 heteroatoms. The molecule has 0 unspecified atom stereocenters. The molecule has 0 aliphatic carbocycles. The van der Waals surface area contributed by atoms with Crippen LogP contribution in [0.1, 0.15) is 13.8 Å². The average molecular weight is 434 g/mol. The molecule has 3 rings (SSSR count). The van der Waals surface area contributed by atoms with Gasteiger partial charge in [0.15, 0.2) is 6.61 Å². The first-order valence-corrected chi connectivity index (χ1v) is 10.3. The molecule has 1 N–H and O–H groups in total. The number of hydrogen-bond donors (Lipinski definition) is 1. The lowest BCUT2D eigenvalue weighted by Gasteiger charge is -2.27. The summed E-state index contributed by atoms with van der Waals surface area (Å²) in [5.74, 6) is -0.418. The fourth-order valence-electron chi connectivity index (χ4n) is 3.13. The summed E-state index contributed by atoms with van der Waals surface area (Å²) < 4.78 is 5.21. The number of hydrogen-bond acceptors (Lipinski definition) is 7. The molecule has 0 aliphatic rings. The number of nitrogens with one attached hydrogen (secondary N) is 1. The largest absolute Gasteiger partial charge is 0.454 e. The highest BCUT2D eigenvalue weighted by atomic mass is 16.5. The zero-order chi connectivity index (χ0) is 22.9. The SMILES string of the molecule is CC(C)N(C(=O)COC(=O)CN(C)c1ncccn1)c1ccc(Nc2ccccc2)cc1. The number of ether oxygens (including phenoxy) is 1. The molecule has 0 radical (unpaired) electrons. The van der Waals surface area contributed by atoms with Gasteiger partial charge in [0.1, 0.15) is 6.54 Å². The summed E-state index contributed by atoms with van der Waals surface area (Å²) in [5.41, 5.74) is 2.62. The number of anilines is 4. The summed E-state index contributed by atoms with van der Waals surface area (Å²) in [4.78, 5) is 36.3. The highest BCUT2D eigenvalue weighted by Gasteiger charge is 2.21. The van der Waals surface area contributed by atoms with Crippen LogP contribution in [0.2, 0.25) is 0 Å². The minimum absolute atomic E-state index is 0.0567. The van der Waals surface area contributed by atoms with E-state index in [1.54, 1.807) is 35.3 Å². The molecule has 0 atom stereocenters. The Morgan fingerprint density at radius 3 is 2.19 bits per heavy atom. The van der Waals surface area contributed by atoms with Gasteiger partial charge in [-0.2, -0.15) is 0 Å². The first-order chi connectivity index (χ1) is 15.4. The number of aromatic nitrogens is 2. The lowest BCUT2D eigenvalue weighted by Crippen LogP contribution is -2.40. The summed E-state index contributed by atoms with van der Waals surface area (Å²) in [6.07, 6.45) is 3.18. The van der Waals surface area contributed by atoms with Gasteiger partial charge in [0, 0.05) is 42.5 Å². The zero-order valence-corrected chi connectivity index (χ0v) is 18.4. The smallest absolute Gasteiger partial charge is 0.326 e. The van der Waals surface area contributed by atoms with Crippen LogP contribution < -0.4 is 15.1 Å². The second-order valence-corrected chi connectivity index (χ2v) is 7.46. The Balaban J connectivity index is 1.57. The summed E-state index contributed by atoms with van der Waals surface area (Å²) in [6.45, 7) is 3.43. The van der Waals surface area contributed by atoms with Crippen molar-refractivity contribution in [3.63, 3.8) is 0 Å². The van der Waals surface area contributed by atoms with Crippen LogP contribution in [-0.2, 0) is 14.3 Å². The fraction of sp³-hybridized carbons (Fsp3) is 0.250. The van der Waals surface area contributed by atoms with E-state index in [1.165, 1.54) is 0 Å². The number of likely N-dealkylation sites (N-methyl/N-ethyl adjacent to an activating group) is 1. The first-order valence-electron chi connectivity index (χ1n) is 10.3. The highest BCUT2D eigenvalue weighted by Crippen LogP contribution is 2.23. The molecule has 0 fully saturated rings. The monoisotopic (exact) mass is 433 g/mol. The Kier molecular flexibility index (Phi) is 7.75. The zero-order valence-electron chi connectivity index (χ0n) is 18.4. The average Bonchev–Trinajstić information content (AvgIpc) is 2.80. The number of rotatable bonds is 9. The third-order valence-electron chi connectivity index (χ3n) is 4.61. The van der Waals surface area contributed by atoms with E-state index in [4.69, 9.17) is 4.74 Å². The van der Waals surface area contributed by atoms with Crippen molar-refractivity contribution in [3.05, 3.63) is 73.1 Å². The quantitative estimate of drug-likeness (QED) is 0.516. The van der Waals surface area contributed by atoms with Crippen molar-refractivity contribution in [2.75, 3.05) is 35.3 Å². The van der Waals surface area contributed by atoms with Crippen molar-refractivity contribution in [3.8, 4) is 0 Å². The molecule has 3 aromatic rings. The lowest BCUT2D eigenvalue weighted by molar-refractivity contribution is -0.146. The number of nitrogens with zero attached hydrogens (tertiary/aromatic N) is 4. The molecule has 32 heavy (non-hydrogen) atoms. The predicted molar refractivity (Wildman–Crippen MR) is 125 cm³/mol. The van der Waals surface area contributed by atoms with Gasteiger partial charge in [-0.1, -0.05) is 18.2 Å². The third-order valence-corrected chi connectivity index (χ3v) is 4.61. The van der Waals surface area contributed by atoms with Crippen LogP contribution in [0, 0.1) is 0 Å². The number of benzene rings is 2. The maximum absolute atomic E-state index is 12.8. The molecule has 0 aliphatic heterocycles. The van der Waals surface area contributed by atoms with E-state index in [2.05, 4.69) is 15.3 Å². The lowest BCUT2D eigenvalue weighted by atomic mass is 10.2. The Morgan fingerprint density at radius 2 is 1.56 bits per heavy atom. The predicted octanol–water partition coefficient (Wildman–Crippen LogP) is 3.64. The molecule has 1 aromatic heterocycles. The first kappa shape index (κ1) is 22.7. The molecule has 0 bridgehead atoms. The van der Waals surface area contributed by atoms with Gasteiger partial charge in [0.05, 0.1) is 0 Å². The number of carbonyl (C=O) groups excluding carboxylic acids is 2. The summed E-state index contributed by atoms with van der Waals surface area (Å²) in [5, 5.41) is 3.31. The van der Waals surface area contributed by atoms with Crippen molar-refractivity contribution in [1.82, 2.24) is 9.97 Å². The van der Waals surface area contributed by atoms with E-state index in [1.807, 2.05) is 68.4 Å². The second-order valence-electron chi connectivity index (χ2n) is 7.46. The van der Waals surface area contributed by atoms with E-state index < -0.39 is 5.97 Å². The normalized spacial score (nSPS) is 10.5. The van der Waals surface area contributed by atoms with Crippen LogP contribution >= 0.6 is 0 Å². The number of para-hydroxylation sites is 1. The van der Waals surface area contributed by atoms with Crippen molar-refractivity contribution in [2.45, 2.75) is 19.9 Å². The van der Waals surface area contributed by atoms with Gasteiger partial charge < -0.3 is 19.9 Å². The Labute approximate surface area is 187 Å². The standard InChI is InChI=1S/C24H27N5O3/c1-18(2)29(21-12-10-20(11-13-21)27-19-8-5-4-6-9-19)22(30)17-32-23(31)16-28(3)24-25-14-7-15-26-24/h4-15,18,27H,16-17H2,1-3H3. The van der Waals surface area contributed by atoms with Crippen LogP contribution in [0.5, 0.6) is 0 Å². The fourth-order valence-corrected chi connectivity index (χ4v) is 3.13. The topological polar surface area (TPSA) is 87.7 Å². The minimum Gasteiger partial charge on any atom is -0.454 e. The van der Waals surface area contributed by atoms with Crippen LogP contribution in [0.25, 0.3) is 0 Å². The summed E-state index contributed by atoms with van der Waals surface area (Å²) in [7, 11) is 1.68. The van der Waals surface area contributed by atoms with Gasteiger partial charge in [-0.3, -0.25) is 9.59 Å². The summed E-state index contributed by atoms with van der Waals surface area (Å²) >= 11 is 0. The van der Waals surface area contributed by atoms with E-state index >= 15 is 0 Å². The molecule has 8 nitrogen and oxygen atoms in total. The van der Waals surface area contributed by atoms with Gasteiger partial charge in [-0.05, 0) is 56.3 Å². The number of amides is 1. The van der Waals surface area contributed by atoms with Crippen molar-refractivity contribution >= 4 is 34.9 Å². The molecular formula is C24H27N5O3. The van der Waals surface area contributed by atoms with Crippen LogP contribution in [0.4, 0.5) is 23.0 Å². The van der Waals surface area contributed by atoms with Gasteiger partial charge in [0.25, 0.3) is 5.91 Å². The van der Waals surface area contributed by atoms with Gasteiger partial charge in [0.2, 0.25) is 5.95 Å². The van der Waals surface area contributed by atoms with Crippen molar-refractivity contribution in [2.24, 2.45) is 0 Å². The Bertz CT molecular complexity index is 1010. The molecule has 2 aromatic carbocycles. The van der Waals surface area contributed by atoms with Gasteiger partial charge in [-0.25, -0.2) is 9.97 Å². The molecule has 0 saturated carbocycles. The molecule has 0 spiro atoms. The molecule has 0 saturated heterocycles. The Hall–Kier alpha value is -3.94. The third kappa shape index (κ3) is 6.28. The van der Waals surface area contributed by atoms with Gasteiger partial charge in [-0.15, -0.1) is 0 Å². The second kappa shape index (κ2) is 10.9. The number of esters is 1. The summed E-state index contributed by atoms with van der Waals surface area (Å²) in [6, 6.07) is 19.0. The molecule has 1 heterocycles. The van der Waals surface area contributed by atoms with E-state index in [-0.39, 0.29) is 25.1 Å². The molecule has 166 valence electrons. The minimum atomic E-state index is -0.528. The van der Waals surface area contributed by atoms with Crippen molar-refractivity contribution < 1.29 is 14.3 Å². The van der Waals surface area contributed by atoms with E-state index in [9.17, 15) is 9.59 Å². The number of carbonyl (C=O) groups is 2. The van der Waals surface area contributed by atoms with E-state index in [0.29, 0.717) is 5.95 Å². The van der Waals surface area contributed by atoms with Gasteiger partial charge >= 0.3 is 5.97 Å². The van der Waals surface area contributed by atoms with Crippen molar-refractivity contribution in [1.29, 1.82) is 0 Å². The highest BCUT2D eigenvalue weighted by molar-refractivity contribution is 5.96. The molecule has 1 amide bonds. The van der Waals surface area contributed by atoms with Crippen LogP contribution in [0.3, 0.4) is 0 Å². The molecular weight excluding hydrogens is 406 g/mol. The van der Waals surface area contributed by atoms with Crippen LogP contribution in [-0.4, -0.2) is 48.1 Å². The maximum atomic E-state index is 12.8. The Morgan fingerprint density at radius 1 is 0.938 bits per heavy atom. The van der Waals surface area contributed by atoms with Crippen LogP contribution in [0.15, 0.2) is 73.1 Å². The van der Waals surface area contributed by atoms with E-state index in [0.717, 1.165) is 17.1 Å².